The van der Waals surface area contributed by atoms with Gasteiger partial charge in [-0.15, -0.1) is 0 Å². The Morgan fingerprint density at radius 2 is 2.00 bits per heavy atom. The number of hydrogen-bond donors (Lipinski definition) is 1. The van der Waals surface area contributed by atoms with Crippen molar-refractivity contribution in [2.75, 3.05) is 24.6 Å². The van der Waals surface area contributed by atoms with Gasteiger partial charge in [0.2, 0.25) is 0 Å². The van der Waals surface area contributed by atoms with Crippen LogP contribution in [-0.2, 0) is 0 Å². The second kappa shape index (κ2) is 8.79. The Bertz CT molecular complexity index is 1140. The van der Waals surface area contributed by atoms with Crippen LogP contribution in [0.25, 0.3) is 22.2 Å². The molecule has 2 saturated heterocycles. The summed E-state index contributed by atoms with van der Waals surface area (Å²) in [6.07, 6.45) is 5.87. The first-order chi connectivity index (χ1) is 15.5. The van der Waals surface area contributed by atoms with Crippen LogP contribution >= 0.6 is 11.6 Å². The number of pyridine rings is 1. The highest BCUT2D eigenvalue weighted by molar-refractivity contribution is 6.31. The summed E-state index contributed by atoms with van der Waals surface area (Å²) in [5, 5.41) is 4.81. The number of nitrogens with zero attached hydrogens (tertiary/aromatic N) is 4. The molecule has 6 nitrogen and oxygen atoms in total. The van der Waals surface area contributed by atoms with E-state index in [1.165, 1.54) is 0 Å². The van der Waals surface area contributed by atoms with Crippen molar-refractivity contribution in [1.82, 2.24) is 20.3 Å². The van der Waals surface area contributed by atoms with Gasteiger partial charge in [0.1, 0.15) is 17.0 Å². The van der Waals surface area contributed by atoms with E-state index in [1.54, 1.807) is 18.3 Å². The lowest BCUT2D eigenvalue weighted by atomic mass is 10.0. The number of nitrogens with one attached hydrogen (secondary N) is 1. The number of rotatable bonds is 6. The van der Waals surface area contributed by atoms with Crippen molar-refractivity contribution in [1.29, 1.82) is 0 Å². The summed E-state index contributed by atoms with van der Waals surface area (Å²) in [7, 11) is 0. The molecule has 0 amide bonds. The zero-order valence-electron chi connectivity index (χ0n) is 18.4. The molecule has 0 aliphatic carbocycles. The van der Waals surface area contributed by atoms with Gasteiger partial charge in [0.05, 0.1) is 12.0 Å². The Kier molecular flexibility index (Phi) is 5.86. The third kappa shape index (κ3) is 3.88. The van der Waals surface area contributed by atoms with E-state index in [0.717, 1.165) is 44.3 Å². The third-order valence-corrected chi connectivity index (χ3v) is 6.82. The summed E-state index contributed by atoms with van der Waals surface area (Å²) in [4.78, 5) is 15.9. The Hall–Kier alpha value is -2.51. The molecule has 4 heterocycles. The molecule has 2 bridgehead atoms. The molecule has 1 aromatic carbocycles. The Balaban J connectivity index is 1.64. The Morgan fingerprint density at radius 1 is 1.22 bits per heavy atom. The van der Waals surface area contributed by atoms with Gasteiger partial charge < -0.3 is 15.0 Å². The molecule has 2 atom stereocenters. The highest BCUT2D eigenvalue weighted by atomic mass is 35.5. The van der Waals surface area contributed by atoms with Crippen LogP contribution in [-0.4, -0.2) is 46.7 Å². The maximum absolute atomic E-state index is 15.9. The second-order valence-electron chi connectivity index (χ2n) is 8.67. The van der Waals surface area contributed by atoms with Crippen molar-refractivity contribution in [3.05, 3.63) is 40.8 Å². The number of benzene rings is 1. The number of anilines is 1. The SMILES string of the molecule is CCCCOc1nc(N2CC3CCC(C2)N3)c2cnc(-c3cccc(Cl)c3C)c(F)c2n1. The predicted octanol–water partition coefficient (Wildman–Crippen LogP) is 4.91. The lowest BCUT2D eigenvalue weighted by molar-refractivity contribution is 0.286. The molecule has 8 heteroatoms. The fraction of sp³-hybridized carbons (Fsp3) is 0.458. The zero-order valence-corrected chi connectivity index (χ0v) is 19.1. The minimum atomic E-state index is -0.477. The molecule has 2 unspecified atom stereocenters. The molecule has 2 aliphatic heterocycles. The van der Waals surface area contributed by atoms with E-state index in [4.69, 9.17) is 21.3 Å². The first-order valence-electron chi connectivity index (χ1n) is 11.3. The average Bonchev–Trinajstić information content (AvgIpc) is 3.13. The largest absolute Gasteiger partial charge is 0.463 e. The van der Waals surface area contributed by atoms with Gasteiger partial charge in [-0.3, -0.25) is 4.98 Å². The van der Waals surface area contributed by atoms with Crippen molar-refractivity contribution >= 4 is 28.3 Å². The fourth-order valence-corrected chi connectivity index (χ4v) is 4.83. The number of aromatic nitrogens is 3. The van der Waals surface area contributed by atoms with Crippen LogP contribution < -0.4 is 15.0 Å². The summed E-state index contributed by atoms with van der Waals surface area (Å²) in [6.45, 7) is 6.12. The smallest absolute Gasteiger partial charge is 0.319 e. The molecule has 1 N–H and O–H groups in total. The van der Waals surface area contributed by atoms with E-state index in [9.17, 15) is 0 Å². The van der Waals surface area contributed by atoms with E-state index in [2.05, 4.69) is 27.1 Å². The monoisotopic (exact) mass is 455 g/mol. The number of fused-ring (bicyclic) bond motifs is 3. The fourth-order valence-electron chi connectivity index (χ4n) is 4.66. The quantitative estimate of drug-likeness (QED) is 0.533. The average molecular weight is 456 g/mol. The van der Waals surface area contributed by atoms with Crippen LogP contribution in [0.5, 0.6) is 6.01 Å². The van der Waals surface area contributed by atoms with Crippen molar-refractivity contribution in [3.8, 4) is 17.3 Å². The van der Waals surface area contributed by atoms with E-state index >= 15 is 4.39 Å². The number of halogens is 2. The molecule has 0 spiro atoms. The molecule has 5 rings (SSSR count). The third-order valence-electron chi connectivity index (χ3n) is 6.41. The van der Waals surface area contributed by atoms with Crippen LogP contribution in [0.2, 0.25) is 5.02 Å². The van der Waals surface area contributed by atoms with Crippen molar-refractivity contribution in [3.63, 3.8) is 0 Å². The minimum absolute atomic E-state index is 0.214. The van der Waals surface area contributed by atoms with Gasteiger partial charge in [-0.1, -0.05) is 37.1 Å². The summed E-state index contributed by atoms with van der Waals surface area (Å²) in [5.41, 5.74) is 1.91. The predicted molar refractivity (Wildman–Crippen MR) is 125 cm³/mol. The van der Waals surface area contributed by atoms with Gasteiger partial charge in [0, 0.05) is 42.0 Å². The minimum Gasteiger partial charge on any atom is -0.463 e. The summed E-state index contributed by atoms with van der Waals surface area (Å²) < 4.78 is 21.7. The first-order valence-corrected chi connectivity index (χ1v) is 11.7. The molecular weight excluding hydrogens is 429 g/mol. The van der Waals surface area contributed by atoms with E-state index in [0.29, 0.717) is 40.5 Å². The van der Waals surface area contributed by atoms with Crippen molar-refractivity contribution in [2.24, 2.45) is 0 Å². The van der Waals surface area contributed by atoms with Crippen LogP contribution in [0.1, 0.15) is 38.2 Å². The molecule has 32 heavy (non-hydrogen) atoms. The molecule has 168 valence electrons. The van der Waals surface area contributed by atoms with Gasteiger partial charge in [-0.2, -0.15) is 9.97 Å². The molecule has 2 fully saturated rings. The lowest BCUT2D eigenvalue weighted by Crippen LogP contribution is -2.51. The molecule has 0 saturated carbocycles. The van der Waals surface area contributed by atoms with Crippen molar-refractivity contribution in [2.45, 2.75) is 51.6 Å². The summed E-state index contributed by atoms with van der Waals surface area (Å²) in [6, 6.07) is 6.48. The van der Waals surface area contributed by atoms with Gasteiger partial charge >= 0.3 is 6.01 Å². The zero-order chi connectivity index (χ0) is 22.2. The van der Waals surface area contributed by atoms with Gasteiger partial charge in [0.25, 0.3) is 0 Å². The van der Waals surface area contributed by atoms with Crippen LogP contribution in [0.4, 0.5) is 10.2 Å². The van der Waals surface area contributed by atoms with E-state index in [1.807, 2.05) is 13.0 Å². The summed E-state index contributed by atoms with van der Waals surface area (Å²) in [5.74, 6) is 0.218. The van der Waals surface area contributed by atoms with Gasteiger partial charge in [0.15, 0.2) is 5.82 Å². The Labute approximate surface area is 192 Å². The van der Waals surface area contributed by atoms with Crippen LogP contribution in [0.15, 0.2) is 24.4 Å². The standard InChI is InChI=1S/C24H27ClFN5O/c1-3-4-10-32-24-29-22-18(23(30-24)31-12-15-8-9-16(13-31)28-15)11-27-21(20(22)26)17-6-5-7-19(25)14(17)2/h5-7,11,15-16,28H,3-4,8-10,12-13H2,1-2H3. The second-order valence-corrected chi connectivity index (χ2v) is 9.08. The highest BCUT2D eigenvalue weighted by Crippen LogP contribution is 2.35. The van der Waals surface area contributed by atoms with Crippen molar-refractivity contribution < 1.29 is 9.13 Å². The van der Waals surface area contributed by atoms with Gasteiger partial charge in [-0.25, -0.2) is 4.39 Å². The maximum atomic E-state index is 15.9. The molecular formula is C24H27ClFN5O. The number of hydrogen-bond acceptors (Lipinski definition) is 6. The first kappa shape index (κ1) is 21.3. The van der Waals surface area contributed by atoms with E-state index in [-0.39, 0.29) is 17.2 Å². The highest BCUT2D eigenvalue weighted by Gasteiger charge is 2.34. The lowest BCUT2D eigenvalue weighted by Gasteiger charge is -2.34. The van der Waals surface area contributed by atoms with Crippen LogP contribution in [0, 0.1) is 12.7 Å². The maximum Gasteiger partial charge on any atom is 0.319 e. The number of ether oxygens (including phenoxy) is 1. The van der Waals surface area contributed by atoms with E-state index < -0.39 is 5.82 Å². The molecule has 2 aliphatic rings. The number of unbranched alkanes of at least 4 members (excludes halogenated alkanes) is 1. The summed E-state index contributed by atoms with van der Waals surface area (Å²) >= 11 is 6.28. The topological polar surface area (TPSA) is 63.2 Å². The molecule has 0 radical (unpaired) electrons. The number of piperazine rings is 1. The molecule has 2 aromatic heterocycles. The van der Waals surface area contributed by atoms with Gasteiger partial charge in [-0.05, 0) is 37.8 Å². The molecule has 3 aromatic rings. The normalized spacial score (nSPS) is 20.2. The Morgan fingerprint density at radius 3 is 2.75 bits per heavy atom. The van der Waals surface area contributed by atoms with Crippen LogP contribution in [0.3, 0.4) is 0 Å².